The molecule has 0 spiro atoms. The second kappa shape index (κ2) is 7.81. The third-order valence-electron chi connectivity index (χ3n) is 2.51. The predicted molar refractivity (Wildman–Crippen MR) is 79.4 cm³/mol. The molecule has 0 saturated heterocycles. The maximum Gasteiger partial charge on any atom is 0.270 e. The Morgan fingerprint density at radius 2 is 2.15 bits per heavy atom. The zero-order chi connectivity index (χ0) is 13.7. The zero-order valence-electron chi connectivity index (χ0n) is 10.9. The van der Waals surface area contributed by atoms with E-state index >= 15 is 0 Å². The van der Waals surface area contributed by atoms with Gasteiger partial charge in [0.05, 0.1) is 17.1 Å². The first-order valence-corrected chi connectivity index (χ1v) is 6.42. The zero-order valence-corrected chi connectivity index (χ0v) is 12.5. The molecule has 1 aromatic carbocycles. The van der Waals surface area contributed by atoms with Gasteiger partial charge in [0.15, 0.2) is 0 Å². The second-order valence-corrected chi connectivity index (χ2v) is 4.40. The van der Waals surface area contributed by atoms with Crippen molar-refractivity contribution >= 4 is 35.9 Å². The third-order valence-corrected chi connectivity index (χ3v) is 2.84. The first-order chi connectivity index (χ1) is 9.20. The number of hydrogen-bond acceptors (Lipinski definition) is 4. The Bertz CT molecular complexity index is 572. The lowest BCUT2D eigenvalue weighted by Gasteiger charge is -2.02. The number of anilines is 1. The number of tetrazole rings is 1. The van der Waals surface area contributed by atoms with Gasteiger partial charge in [-0.05, 0) is 23.8 Å². The van der Waals surface area contributed by atoms with E-state index in [0.29, 0.717) is 17.1 Å². The Labute approximate surface area is 127 Å². The van der Waals surface area contributed by atoms with Gasteiger partial charge in [-0.3, -0.25) is 10.1 Å². The topological polar surface area (TPSA) is 72.7 Å². The summed E-state index contributed by atoms with van der Waals surface area (Å²) in [6, 6.07) is 6.80. The molecule has 1 N–H and O–H groups in total. The van der Waals surface area contributed by atoms with E-state index in [0.717, 1.165) is 12.8 Å². The largest absolute Gasteiger partial charge is 0.288 e. The van der Waals surface area contributed by atoms with Crippen LogP contribution in [0.2, 0.25) is 5.02 Å². The molecule has 2 rings (SSSR count). The van der Waals surface area contributed by atoms with Gasteiger partial charge >= 0.3 is 0 Å². The van der Waals surface area contributed by atoms with Crippen LogP contribution in [0.25, 0.3) is 0 Å². The van der Waals surface area contributed by atoms with Crippen LogP contribution in [-0.4, -0.2) is 26.1 Å². The van der Waals surface area contributed by atoms with E-state index in [1.165, 1.54) is 4.80 Å². The predicted octanol–water partition coefficient (Wildman–Crippen LogP) is 2.80. The van der Waals surface area contributed by atoms with Gasteiger partial charge in [-0.25, -0.2) is 0 Å². The van der Waals surface area contributed by atoms with Crippen LogP contribution in [0.1, 0.15) is 30.1 Å². The van der Waals surface area contributed by atoms with Crippen LogP contribution in [0, 0.1) is 0 Å². The molecule has 0 saturated carbocycles. The van der Waals surface area contributed by atoms with Gasteiger partial charge in [-0.2, -0.15) is 4.80 Å². The minimum Gasteiger partial charge on any atom is -0.288 e. The Morgan fingerprint density at radius 1 is 1.40 bits per heavy atom. The Morgan fingerprint density at radius 3 is 2.85 bits per heavy atom. The van der Waals surface area contributed by atoms with Gasteiger partial charge in [0, 0.05) is 0 Å². The fourth-order valence-corrected chi connectivity index (χ4v) is 1.72. The molecule has 0 fully saturated rings. The SMILES string of the molecule is CCCCn1nnc(NC(=O)c2ccccc2Cl)n1.Cl. The maximum absolute atomic E-state index is 11.9. The number of carbonyl (C=O) groups is 1. The molecule has 0 aliphatic carbocycles. The first-order valence-electron chi connectivity index (χ1n) is 6.04. The molecule has 8 heteroatoms. The van der Waals surface area contributed by atoms with Gasteiger partial charge in [0.25, 0.3) is 11.9 Å². The quantitative estimate of drug-likeness (QED) is 0.920. The molecule has 0 bridgehead atoms. The van der Waals surface area contributed by atoms with Crippen LogP contribution in [-0.2, 0) is 6.54 Å². The van der Waals surface area contributed by atoms with Gasteiger partial charge in [0.1, 0.15) is 0 Å². The summed E-state index contributed by atoms with van der Waals surface area (Å²) in [4.78, 5) is 13.4. The number of hydrogen-bond donors (Lipinski definition) is 1. The molecule has 1 heterocycles. The molecular formula is C12H15Cl2N5O. The average Bonchev–Trinajstić information content (AvgIpc) is 2.84. The van der Waals surface area contributed by atoms with E-state index in [9.17, 15) is 4.79 Å². The first kappa shape index (κ1) is 16.4. The summed E-state index contributed by atoms with van der Waals surface area (Å²) in [7, 11) is 0. The van der Waals surface area contributed by atoms with Gasteiger partial charge in [0.2, 0.25) is 0 Å². The molecule has 0 atom stereocenters. The smallest absolute Gasteiger partial charge is 0.270 e. The summed E-state index contributed by atoms with van der Waals surface area (Å²) in [6.07, 6.45) is 2.01. The van der Waals surface area contributed by atoms with Crippen molar-refractivity contribution in [1.29, 1.82) is 0 Å². The molecule has 0 unspecified atom stereocenters. The lowest BCUT2D eigenvalue weighted by Crippen LogP contribution is -2.13. The lowest BCUT2D eigenvalue weighted by atomic mass is 10.2. The standard InChI is InChI=1S/C12H14ClN5O.ClH/c1-2-3-8-18-16-12(15-17-18)14-11(19)9-6-4-5-7-10(9)13;/h4-7H,2-3,8H2,1H3,(H,14,16,19);1H. The number of nitrogens with one attached hydrogen (secondary N) is 1. The van der Waals surface area contributed by atoms with Crippen LogP contribution >= 0.6 is 24.0 Å². The number of unbranched alkanes of at least 4 members (excludes halogenated alkanes) is 1. The number of amides is 1. The lowest BCUT2D eigenvalue weighted by molar-refractivity contribution is 0.102. The van der Waals surface area contributed by atoms with Crippen molar-refractivity contribution in [2.24, 2.45) is 0 Å². The summed E-state index contributed by atoms with van der Waals surface area (Å²) in [6.45, 7) is 2.77. The highest BCUT2D eigenvalue weighted by atomic mass is 35.5. The monoisotopic (exact) mass is 315 g/mol. The van der Waals surface area contributed by atoms with E-state index in [4.69, 9.17) is 11.6 Å². The minimum atomic E-state index is -0.347. The third kappa shape index (κ3) is 4.18. The number of carbonyl (C=O) groups excluding carboxylic acids is 1. The number of nitrogens with zero attached hydrogens (tertiary/aromatic N) is 4. The van der Waals surface area contributed by atoms with E-state index < -0.39 is 0 Å². The highest BCUT2D eigenvalue weighted by Crippen LogP contribution is 2.15. The summed E-state index contributed by atoms with van der Waals surface area (Å²) in [5.74, 6) is -0.165. The van der Waals surface area contributed by atoms with Crippen molar-refractivity contribution in [3.63, 3.8) is 0 Å². The average molecular weight is 316 g/mol. The second-order valence-electron chi connectivity index (χ2n) is 4.00. The van der Waals surface area contributed by atoms with Gasteiger partial charge in [-0.15, -0.1) is 17.5 Å². The Kier molecular flexibility index (Phi) is 6.41. The van der Waals surface area contributed by atoms with Crippen LogP contribution in [0.5, 0.6) is 0 Å². The van der Waals surface area contributed by atoms with Crippen molar-refractivity contribution in [1.82, 2.24) is 20.2 Å². The van der Waals surface area contributed by atoms with Crippen molar-refractivity contribution < 1.29 is 4.79 Å². The summed E-state index contributed by atoms with van der Waals surface area (Å²) < 4.78 is 0. The summed E-state index contributed by atoms with van der Waals surface area (Å²) in [5, 5.41) is 14.6. The molecule has 1 amide bonds. The fourth-order valence-electron chi connectivity index (χ4n) is 1.50. The van der Waals surface area contributed by atoms with Crippen LogP contribution in [0.3, 0.4) is 0 Å². The fraction of sp³-hybridized carbons (Fsp3) is 0.333. The molecule has 2 aromatic rings. The molecular weight excluding hydrogens is 301 g/mol. The number of halogens is 2. The van der Waals surface area contributed by atoms with E-state index in [1.54, 1.807) is 24.3 Å². The Hall–Kier alpha value is -1.66. The number of aryl methyl sites for hydroxylation is 1. The van der Waals surface area contributed by atoms with Crippen molar-refractivity contribution in [3.05, 3.63) is 34.9 Å². The van der Waals surface area contributed by atoms with Crippen molar-refractivity contribution in [3.8, 4) is 0 Å². The van der Waals surface area contributed by atoms with Gasteiger partial charge in [-0.1, -0.05) is 42.2 Å². The highest BCUT2D eigenvalue weighted by molar-refractivity contribution is 6.34. The van der Waals surface area contributed by atoms with E-state index in [1.807, 2.05) is 0 Å². The maximum atomic E-state index is 11.9. The Balaban J connectivity index is 0.00000200. The molecule has 0 radical (unpaired) electrons. The van der Waals surface area contributed by atoms with Gasteiger partial charge < -0.3 is 0 Å². The molecule has 108 valence electrons. The molecule has 6 nitrogen and oxygen atoms in total. The van der Waals surface area contributed by atoms with E-state index in [2.05, 4.69) is 27.7 Å². The molecule has 1 aromatic heterocycles. The van der Waals surface area contributed by atoms with Crippen LogP contribution in [0.4, 0.5) is 5.95 Å². The normalized spacial score (nSPS) is 9.90. The molecule has 20 heavy (non-hydrogen) atoms. The van der Waals surface area contributed by atoms with Crippen molar-refractivity contribution in [2.45, 2.75) is 26.3 Å². The van der Waals surface area contributed by atoms with E-state index in [-0.39, 0.29) is 24.3 Å². The molecule has 0 aliphatic heterocycles. The van der Waals surface area contributed by atoms with Crippen LogP contribution in [0.15, 0.2) is 24.3 Å². The summed E-state index contributed by atoms with van der Waals surface area (Å²) >= 11 is 5.94. The number of rotatable bonds is 5. The highest BCUT2D eigenvalue weighted by Gasteiger charge is 2.12. The summed E-state index contributed by atoms with van der Waals surface area (Å²) in [5.41, 5.74) is 0.383. The van der Waals surface area contributed by atoms with Crippen molar-refractivity contribution in [2.75, 3.05) is 5.32 Å². The van der Waals surface area contributed by atoms with Crippen LogP contribution < -0.4 is 5.32 Å². The number of benzene rings is 1. The minimum absolute atomic E-state index is 0. The molecule has 0 aliphatic rings. The number of aromatic nitrogens is 4.